The van der Waals surface area contributed by atoms with Crippen LogP contribution in [0.25, 0.3) is 0 Å². The minimum atomic E-state index is -0.544. The van der Waals surface area contributed by atoms with E-state index in [1.807, 2.05) is 19.3 Å². The zero-order valence-electron chi connectivity index (χ0n) is 11.7. The number of piperidine rings is 1. The van der Waals surface area contributed by atoms with Crippen molar-refractivity contribution >= 4 is 0 Å². The smallest absolute Gasteiger partial charge is 0.0947 e. The predicted molar refractivity (Wildman–Crippen MR) is 73.8 cm³/mol. The van der Waals surface area contributed by atoms with E-state index < -0.39 is 5.60 Å². The molecule has 19 heavy (non-hydrogen) atoms. The molecule has 0 amide bonds. The molecule has 1 aromatic heterocycles. The van der Waals surface area contributed by atoms with Crippen LogP contribution in [-0.2, 0) is 6.54 Å². The Labute approximate surface area is 115 Å². The third kappa shape index (κ3) is 2.86. The summed E-state index contributed by atoms with van der Waals surface area (Å²) in [6.45, 7) is 7.13. The molecule has 0 aliphatic carbocycles. The first-order valence-electron chi connectivity index (χ1n) is 7.35. The quantitative estimate of drug-likeness (QED) is 0.902. The molecule has 4 heteroatoms. The Hall–Kier alpha value is -0.840. The van der Waals surface area contributed by atoms with Gasteiger partial charge in [-0.2, -0.15) is 0 Å². The molecule has 3 rings (SSSR count). The second kappa shape index (κ2) is 5.27. The van der Waals surface area contributed by atoms with Crippen molar-refractivity contribution in [1.29, 1.82) is 0 Å². The molecule has 0 saturated carbocycles. The van der Waals surface area contributed by atoms with Crippen LogP contribution in [0.4, 0.5) is 0 Å². The first-order valence-corrected chi connectivity index (χ1v) is 7.35. The molecule has 2 aliphatic heterocycles. The minimum Gasteiger partial charge on any atom is -0.472 e. The van der Waals surface area contributed by atoms with Gasteiger partial charge in [-0.3, -0.25) is 9.80 Å². The van der Waals surface area contributed by atoms with Crippen molar-refractivity contribution in [3.8, 4) is 0 Å². The summed E-state index contributed by atoms with van der Waals surface area (Å²) in [5.41, 5.74) is 0.679. The van der Waals surface area contributed by atoms with Crippen molar-refractivity contribution in [3.63, 3.8) is 0 Å². The van der Waals surface area contributed by atoms with Crippen molar-refractivity contribution in [3.05, 3.63) is 24.2 Å². The first kappa shape index (κ1) is 13.2. The number of furan rings is 1. The van der Waals surface area contributed by atoms with Gasteiger partial charge in [0.25, 0.3) is 0 Å². The molecular formula is C15H24N2O2. The topological polar surface area (TPSA) is 39.9 Å². The summed E-state index contributed by atoms with van der Waals surface area (Å²) in [6.07, 6.45) is 6.94. The van der Waals surface area contributed by atoms with E-state index in [-0.39, 0.29) is 6.04 Å². The van der Waals surface area contributed by atoms with Gasteiger partial charge in [-0.15, -0.1) is 0 Å². The second-order valence-corrected chi connectivity index (χ2v) is 6.23. The zero-order chi connectivity index (χ0) is 13.3. The maximum absolute atomic E-state index is 10.7. The lowest BCUT2D eigenvalue weighted by atomic mass is 9.87. The Kier molecular flexibility index (Phi) is 3.65. The molecule has 2 aliphatic rings. The number of hydrogen-bond donors (Lipinski definition) is 1. The lowest BCUT2D eigenvalue weighted by Crippen LogP contribution is -2.60. The lowest BCUT2D eigenvalue weighted by Gasteiger charge is -2.46. The normalized spacial score (nSPS) is 33.9. The highest BCUT2D eigenvalue weighted by atomic mass is 16.3. The minimum absolute atomic E-state index is 0.274. The van der Waals surface area contributed by atoms with E-state index in [9.17, 15) is 5.11 Å². The van der Waals surface area contributed by atoms with Crippen LogP contribution in [0, 0.1) is 0 Å². The highest BCUT2D eigenvalue weighted by Crippen LogP contribution is 2.29. The van der Waals surface area contributed by atoms with Crippen molar-refractivity contribution < 1.29 is 9.52 Å². The van der Waals surface area contributed by atoms with Crippen LogP contribution in [0.2, 0.25) is 0 Å². The average molecular weight is 264 g/mol. The van der Waals surface area contributed by atoms with Crippen LogP contribution < -0.4 is 0 Å². The highest BCUT2D eigenvalue weighted by molar-refractivity contribution is 5.06. The number of hydrogen-bond acceptors (Lipinski definition) is 4. The SMILES string of the molecule is CC1(O)CCN(Cc2ccoc2)CC1N1CCCC1. The summed E-state index contributed by atoms with van der Waals surface area (Å²) in [7, 11) is 0. The summed E-state index contributed by atoms with van der Waals surface area (Å²) in [6, 6.07) is 2.30. The molecule has 3 heterocycles. The maximum Gasteiger partial charge on any atom is 0.0947 e. The summed E-state index contributed by atoms with van der Waals surface area (Å²) >= 11 is 0. The summed E-state index contributed by atoms with van der Waals surface area (Å²) < 4.78 is 5.14. The van der Waals surface area contributed by atoms with E-state index in [2.05, 4.69) is 9.80 Å². The van der Waals surface area contributed by atoms with Crippen LogP contribution in [0.15, 0.2) is 23.0 Å². The van der Waals surface area contributed by atoms with E-state index in [1.54, 1.807) is 6.26 Å². The summed E-state index contributed by atoms with van der Waals surface area (Å²) in [4.78, 5) is 4.91. The summed E-state index contributed by atoms with van der Waals surface area (Å²) in [5.74, 6) is 0. The van der Waals surface area contributed by atoms with Crippen LogP contribution >= 0.6 is 0 Å². The van der Waals surface area contributed by atoms with Gasteiger partial charge in [0.15, 0.2) is 0 Å². The molecule has 0 spiro atoms. The van der Waals surface area contributed by atoms with Gasteiger partial charge in [-0.05, 0) is 45.3 Å². The van der Waals surface area contributed by atoms with Gasteiger partial charge < -0.3 is 9.52 Å². The van der Waals surface area contributed by atoms with E-state index in [0.29, 0.717) is 0 Å². The number of aliphatic hydroxyl groups is 1. The second-order valence-electron chi connectivity index (χ2n) is 6.23. The van der Waals surface area contributed by atoms with Crippen LogP contribution in [0.3, 0.4) is 0 Å². The van der Waals surface area contributed by atoms with Crippen molar-refractivity contribution in [2.75, 3.05) is 26.2 Å². The molecule has 2 unspecified atom stereocenters. The summed E-state index contributed by atoms with van der Waals surface area (Å²) in [5, 5.41) is 10.7. The van der Waals surface area contributed by atoms with E-state index in [1.165, 1.54) is 18.4 Å². The Balaban J connectivity index is 1.66. The first-order chi connectivity index (χ1) is 9.15. The molecule has 0 bridgehead atoms. The van der Waals surface area contributed by atoms with E-state index in [4.69, 9.17) is 4.42 Å². The van der Waals surface area contributed by atoms with Crippen LogP contribution in [-0.4, -0.2) is 52.7 Å². The van der Waals surface area contributed by atoms with Crippen molar-refractivity contribution in [2.45, 2.75) is 44.4 Å². The number of rotatable bonds is 3. The molecule has 2 atom stereocenters. The van der Waals surface area contributed by atoms with Crippen LogP contribution in [0.1, 0.15) is 31.7 Å². The Bertz CT molecular complexity index is 396. The standard InChI is InChI=1S/C15H24N2O2/c1-15(18)5-8-16(10-13-4-9-19-12-13)11-14(15)17-6-2-3-7-17/h4,9,12,14,18H,2-3,5-8,10-11H2,1H3. The van der Waals surface area contributed by atoms with Gasteiger partial charge in [-0.25, -0.2) is 0 Å². The third-order valence-electron chi connectivity index (χ3n) is 4.65. The molecule has 106 valence electrons. The van der Waals surface area contributed by atoms with Crippen LogP contribution in [0.5, 0.6) is 0 Å². The number of nitrogens with zero attached hydrogens (tertiary/aromatic N) is 2. The van der Waals surface area contributed by atoms with E-state index in [0.717, 1.165) is 39.1 Å². The average Bonchev–Trinajstić information content (AvgIpc) is 3.04. The van der Waals surface area contributed by atoms with Gasteiger partial charge in [0.05, 0.1) is 24.2 Å². The largest absolute Gasteiger partial charge is 0.472 e. The fourth-order valence-electron chi connectivity index (χ4n) is 3.43. The highest BCUT2D eigenvalue weighted by Gasteiger charge is 2.41. The van der Waals surface area contributed by atoms with Crippen molar-refractivity contribution in [2.24, 2.45) is 0 Å². The molecule has 2 saturated heterocycles. The van der Waals surface area contributed by atoms with Crippen molar-refractivity contribution in [1.82, 2.24) is 9.80 Å². The molecule has 1 N–H and O–H groups in total. The molecule has 4 nitrogen and oxygen atoms in total. The third-order valence-corrected chi connectivity index (χ3v) is 4.65. The molecular weight excluding hydrogens is 240 g/mol. The van der Waals surface area contributed by atoms with Gasteiger partial charge in [-0.1, -0.05) is 0 Å². The lowest BCUT2D eigenvalue weighted by molar-refractivity contribution is -0.0776. The maximum atomic E-state index is 10.7. The predicted octanol–water partition coefficient (Wildman–Crippen LogP) is 1.70. The molecule has 1 aromatic rings. The Morgan fingerprint density at radius 2 is 2.16 bits per heavy atom. The molecule has 2 fully saturated rings. The fraction of sp³-hybridized carbons (Fsp3) is 0.733. The Morgan fingerprint density at radius 1 is 1.37 bits per heavy atom. The number of likely N-dealkylation sites (tertiary alicyclic amines) is 2. The fourth-order valence-corrected chi connectivity index (χ4v) is 3.43. The Morgan fingerprint density at radius 3 is 2.84 bits per heavy atom. The molecule has 0 radical (unpaired) electrons. The van der Waals surface area contributed by atoms with Gasteiger partial charge >= 0.3 is 0 Å². The van der Waals surface area contributed by atoms with Gasteiger partial charge in [0, 0.05) is 25.2 Å². The van der Waals surface area contributed by atoms with Gasteiger partial charge in [0.2, 0.25) is 0 Å². The van der Waals surface area contributed by atoms with Gasteiger partial charge in [0.1, 0.15) is 0 Å². The molecule has 0 aromatic carbocycles. The monoisotopic (exact) mass is 264 g/mol. The zero-order valence-corrected chi connectivity index (χ0v) is 11.7. The van der Waals surface area contributed by atoms with E-state index >= 15 is 0 Å².